The average molecular weight is 221 g/mol. The van der Waals surface area contributed by atoms with Crippen molar-refractivity contribution in [3.05, 3.63) is 41.6 Å². The van der Waals surface area contributed by atoms with Crippen molar-refractivity contribution in [2.75, 3.05) is 0 Å². The minimum Gasteiger partial charge on any atom is -0.410 e. The summed E-state index contributed by atoms with van der Waals surface area (Å²) in [6.07, 6.45) is 0. The number of aromatic nitrogens is 1. The predicted molar refractivity (Wildman–Crippen MR) is 60.7 cm³/mol. The van der Waals surface area contributed by atoms with E-state index >= 15 is 0 Å². The third-order valence-corrected chi connectivity index (χ3v) is 2.45. The molecule has 76 valence electrons. The zero-order valence-corrected chi connectivity index (χ0v) is 8.86. The smallest absolute Gasteiger partial charge is 0.175 e. The van der Waals surface area contributed by atoms with E-state index in [9.17, 15) is 0 Å². The number of halogens is 1. The summed E-state index contributed by atoms with van der Waals surface area (Å²) in [6, 6.07) is 9.35. The monoisotopic (exact) mass is 220 g/mol. The Balaban J connectivity index is 2.62. The summed E-state index contributed by atoms with van der Waals surface area (Å²) in [7, 11) is 0. The van der Waals surface area contributed by atoms with E-state index in [1.165, 1.54) is 0 Å². The first-order valence-electron chi connectivity index (χ1n) is 4.46. The van der Waals surface area contributed by atoms with Crippen LogP contribution in [0, 0.1) is 6.92 Å². The van der Waals surface area contributed by atoms with E-state index in [1.54, 1.807) is 6.07 Å². The normalized spacial score (nSPS) is 12.0. The number of hydrogen-bond donors (Lipinski definition) is 1. The molecule has 0 aliphatic rings. The number of nitrogens with zero attached hydrogens (tertiary/aromatic N) is 2. The Morgan fingerprint density at radius 2 is 2.13 bits per heavy atom. The molecule has 2 rings (SSSR count). The van der Waals surface area contributed by atoms with Crippen molar-refractivity contribution in [3.8, 4) is 0 Å². The van der Waals surface area contributed by atoms with Gasteiger partial charge >= 0.3 is 0 Å². The van der Waals surface area contributed by atoms with Crippen LogP contribution >= 0.6 is 11.6 Å². The van der Waals surface area contributed by atoms with E-state index < -0.39 is 0 Å². The lowest BCUT2D eigenvalue weighted by molar-refractivity contribution is 0.321. The van der Waals surface area contributed by atoms with Crippen LogP contribution in [0.25, 0.3) is 10.9 Å². The summed E-state index contributed by atoms with van der Waals surface area (Å²) in [4.78, 5) is 4.36. The van der Waals surface area contributed by atoms with Gasteiger partial charge in [-0.1, -0.05) is 22.8 Å². The molecule has 0 atom stereocenters. The quantitative estimate of drug-likeness (QED) is 0.456. The lowest BCUT2D eigenvalue weighted by atomic mass is 10.1. The van der Waals surface area contributed by atoms with Gasteiger partial charge in [-0.25, -0.2) is 0 Å². The molecule has 0 fully saturated rings. The van der Waals surface area contributed by atoms with Crippen molar-refractivity contribution in [3.63, 3.8) is 0 Å². The molecule has 1 N–H and O–H groups in total. The average Bonchev–Trinajstić information content (AvgIpc) is 2.27. The van der Waals surface area contributed by atoms with Crippen LogP contribution in [-0.2, 0) is 0 Å². The molecule has 0 spiro atoms. The maximum atomic E-state index is 8.54. The Morgan fingerprint density at radius 1 is 1.33 bits per heavy atom. The minimum absolute atomic E-state index is 0.0810. The van der Waals surface area contributed by atoms with Crippen LogP contribution in [0.15, 0.2) is 35.5 Å². The van der Waals surface area contributed by atoms with Crippen molar-refractivity contribution in [2.45, 2.75) is 6.92 Å². The zero-order chi connectivity index (χ0) is 10.8. The van der Waals surface area contributed by atoms with Gasteiger partial charge < -0.3 is 5.21 Å². The lowest BCUT2D eigenvalue weighted by Gasteiger charge is -2.01. The molecule has 0 saturated heterocycles. The number of rotatable bonds is 1. The van der Waals surface area contributed by atoms with Crippen molar-refractivity contribution < 1.29 is 5.21 Å². The highest BCUT2D eigenvalue weighted by molar-refractivity contribution is 6.69. The number of hydrogen-bond acceptors (Lipinski definition) is 3. The van der Waals surface area contributed by atoms with E-state index in [-0.39, 0.29) is 5.17 Å². The fourth-order valence-corrected chi connectivity index (χ4v) is 1.53. The Morgan fingerprint density at radius 3 is 2.87 bits per heavy atom. The van der Waals surface area contributed by atoms with Crippen LogP contribution in [0.4, 0.5) is 0 Å². The first-order chi connectivity index (χ1) is 7.20. The van der Waals surface area contributed by atoms with E-state index in [2.05, 4.69) is 10.1 Å². The fourth-order valence-electron chi connectivity index (χ4n) is 1.41. The molecule has 1 aromatic carbocycles. The molecule has 0 aliphatic heterocycles. The maximum absolute atomic E-state index is 8.54. The molecule has 1 aromatic heterocycles. The molecule has 2 aromatic rings. The van der Waals surface area contributed by atoms with Gasteiger partial charge in [-0.05, 0) is 31.2 Å². The first-order valence-corrected chi connectivity index (χ1v) is 4.84. The Hall–Kier alpha value is -1.61. The molecule has 4 heteroatoms. The Labute approximate surface area is 92.0 Å². The van der Waals surface area contributed by atoms with Crippen molar-refractivity contribution in [1.29, 1.82) is 0 Å². The predicted octanol–water partition coefficient (Wildman–Crippen LogP) is 2.92. The molecule has 0 aliphatic carbocycles. The van der Waals surface area contributed by atoms with Gasteiger partial charge in [-0.3, -0.25) is 4.98 Å². The highest BCUT2D eigenvalue weighted by atomic mass is 35.5. The van der Waals surface area contributed by atoms with Crippen LogP contribution in [-0.4, -0.2) is 15.4 Å². The SMILES string of the molecule is Cc1ccc2cc(/C(Cl)=N/O)ccc2n1. The van der Waals surface area contributed by atoms with Gasteiger partial charge in [0.05, 0.1) is 5.52 Å². The minimum atomic E-state index is 0.0810. The molecule has 3 nitrogen and oxygen atoms in total. The topological polar surface area (TPSA) is 45.5 Å². The van der Waals surface area contributed by atoms with Gasteiger partial charge in [0.2, 0.25) is 0 Å². The summed E-state index contributed by atoms with van der Waals surface area (Å²) in [6.45, 7) is 1.94. The number of fused-ring (bicyclic) bond motifs is 1. The number of pyridine rings is 1. The van der Waals surface area contributed by atoms with Crippen molar-refractivity contribution in [2.24, 2.45) is 5.16 Å². The van der Waals surface area contributed by atoms with E-state index in [0.717, 1.165) is 16.6 Å². The van der Waals surface area contributed by atoms with Crippen LogP contribution < -0.4 is 0 Å². The maximum Gasteiger partial charge on any atom is 0.175 e. The van der Waals surface area contributed by atoms with Crippen LogP contribution in [0.3, 0.4) is 0 Å². The number of aryl methyl sites for hydroxylation is 1. The molecule has 0 radical (unpaired) electrons. The van der Waals surface area contributed by atoms with Gasteiger partial charge in [0.15, 0.2) is 5.17 Å². The molecule has 0 bridgehead atoms. The second-order valence-electron chi connectivity index (χ2n) is 3.25. The summed E-state index contributed by atoms with van der Waals surface area (Å²) in [5.41, 5.74) is 2.55. The highest BCUT2D eigenvalue weighted by Gasteiger charge is 2.02. The summed E-state index contributed by atoms with van der Waals surface area (Å²) in [5, 5.41) is 12.5. The molecule has 15 heavy (non-hydrogen) atoms. The third-order valence-electron chi connectivity index (χ3n) is 2.15. The summed E-state index contributed by atoms with van der Waals surface area (Å²) in [5.74, 6) is 0. The molecule has 1 heterocycles. The second-order valence-corrected chi connectivity index (χ2v) is 3.61. The van der Waals surface area contributed by atoms with Gasteiger partial charge in [0.1, 0.15) is 0 Å². The van der Waals surface area contributed by atoms with E-state index in [1.807, 2.05) is 31.2 Å². The van der Waals surface area contributed by atoms with E-state index in [0.29, 0.717) is 5.56 Å². The van der Waals surface area contributed by atoms with Crippen molar-refractivity contribution in [1.82, 2.24) is 4.98 Å². The molecule has 0 amide bonds. The number of benzene rings is 1. The highest BCUT2D eigenvalue weighted by Crippen LogP contribution is 2.16. The molecule has 0 unspecified atom stereocenters. The van der Waals surface area contributed by atoms with Crippen LogP contribution in [0.1, 0.15) is 11.3 Å². The second kappa shape index (κ2) is 3.87. The van der Waals surface area contributed by atoms with Gasteiger partial charge in [-0.15, -0.1) is 0 Å². The van der Waals surface area contributed by atoms with Gasteiger partial charge in [0, 0.05) is 16.6 Å². The van der Waals surface area contributed by atoms with Gasteiger partial charge in [0.25, 0.3) is 0 Å². The molecule has 0 saturated carbocycles. The standard InChI is InChI=1S/C11H9ClN2O/c1-7-2-3-8-6-9(11(12)14-15)4-5-10(8)13-7/h2-6,15H,1H3/b14-11-. The van der Waals surface area contributed by atoms with Crippen molar-refractivity contribution >= 4 is 27.7 Å². The Kier molecular flexibility index (Phi) is 2.56. The van der Waals surface area contributed by atoms with Crippen LogP contribution in [0.2, 0.25) is 0 Å². The lowest BCUT2D eigenvalue weighted by Crippen LogP contribution is -1.91. The fraction of sp³-hybridized carbons (Fsp3) is 0.0909. The number of oxime groups is 1. The van der Waals surface area contributed by atoms with E-state index in [4.69, 9.17) is 16.8 Å². The summed E-state index contributed by atoms with van der Waals surface area (Å²) >= 11 is 5.70. The first kappa shape index (κ1) is 9.93. The third kappa shape index (κ3) is 1.92. The van der Waals surface area contributed by atoms with Crippen LogP contribution in [0.5, 0.6) is 0 Å². The van der Waals surface area contributed by atoms with Gasteiger partial charge in [-0.2, -0.15) is 0 Å². The zero-order valence-electron chi connectivity index (χ0n) is 8.11. The molecular weight excluding hydrogens is 212 g/mol. The largest absolute Gasteiger partial charge is 0.410 e. The summed E-state index contributed by atoms with van der Waals surface area (Å²) < 4.78 is 0. The molecular formula is C11H9ClN2O. The Bertz CT molecular complexity index is 537.